The van der Waals surface area contributed by atoms with E-state index in [0.717, 1.165) is 16.7 Å². The number of rotatable bonds is 7. The van der Waals surface area contributed by atoms with Crippen LogP contribution in [0.25, 0.3) is 0 Å². The van der Waals surface area contributed by atoms with E-state index in [9.17, 15) is 4.79 Å². The van der Waals surface area contributed by atoms with Crippen molar-refractivity contribution in [2.24, 2.45) is 5.10 Å². The first-order valence-corrected chi connectivity index (χ1v) is 9.86. The van der Waals surface area contributed by atoms with E-state index >= 15 is 0 Å². The van der Waals surface area contributed by atoms with E-state index in [1.165, 1.54) is 13.3 Å². The summed E-state index contributed by atoms with van der Waals surface area (Å²) in [6.07, 6.45) is 1.51. The predicted octanol–water partition coefficient (Wildman–Crippen LogP) is 5.65. The first-order valence-electron chi connectivity index (χ1n) is 9.11. The molecule has 0 heterocycles. The SMILES string of the molecule is COc1cc(C)ccc1C(=O)N/N=C\c1ccc(OCc2ccc(Cl)cc2)c(Cl)c1. The third-order valence-corrected chi connectivity index (χ3v) is 4.79. The summed E-state index contributed by atoms with van der Waals surface area (Å²) in [5, 5.41) is 5.11. The van der Waals surface area contributed by atoms with E-state index in [0.29, 0.717) is 33.7 Å². The molecule has 0 aliphatic rings. The number of carbonyl (C=O) groups excluding carboxylic acids is 1. The van der Waals surface area contributed by atoms with Crippen LogP contribution in [0.2, 0.25) is 10.0 Å². The molecule has 0 atom stereocenters. The average Bonchev–Trinajstić information content (AvgIpc) is 2.74. The molecule has 3 rings (SSSR count). The molecule has 3 aromatic carbocycles. The summed E-state index contributed by atoms with van der Waals surface area (Å²) in [6, 6.07) is 18.0. The summed E-state index contributed by atoms with van der Waals surface area (Å²) >= 11 is 12.2. The van der Waals surface area contributed by atoms with E-state index in [1.54, 1.807) is 30.3 Å². The zero-order valence-corrected chi connectivity index (χ0v) is 18.0. The van der Waals surface area contributed by atoms with Crippen molar-refractivity contribution in [3.8, 4) is 11.5 Å². The Kier molecular flexibility index (Phi) is 7.33. The highest BCUT2D eigenvalue weighted by Crippen LogP contribution is 2.26. The molecule has 0 aliphatic heterocycles. The zero-order valence-electron chi connectivity index (χ0n) is 16.5. The number of benzene rings is 3. The fourth-order valence-corrected chi connectivity index (χ4v) is 3.04. The van der Waals surface area contributed by atoms with Crippen molar-refractivity contribution >= 4 is 35.3 Å². The number of amides is 1. The number of halogens is 2. The van der Waals surface area contributed by atoms with Crippen LogP contribution in [-0.2, 0) is 6.61 Å². The fourth-order valence-electron chi connectivity index (χ4n) is 2.67. The van der Waals surface area contributed by atoms with Gasteiger partial charge in [-0.05, 0) is 66.1 Å². The number of nitrogens with zero attached hydrogens (tertiary/aromatic N) is 1. The molecular formula is C23H20Cl2N2O3. The molecule has 0 saturated heterocycles. The van der Waals surface area contributed by atoms with Gasteiger partial charge in [0.15, 0.2) is 0 Å². The normalized spacial score (nSPS) is 10.8. The Labute approximate surface area is 185 Å². The summed E-state index contributed by atoms with van der Waals surface area (Å²) in [6.45, 7) is 2.30. The maximum atomic E-state index is 12.3. The largest absolute Gasteiger partial charge is 0.496 e. The molecule has 0 aromatic heterocycles. The zero-order chi connectivity index (χ0) is 21.5. The number of carbonyl (C=O) groups is 1. The van der Waals surface area contributed by atoms with E-state index in [2.05, 4.69) is 10.5 Å². The van der Waals surface area contributed by atoms with Gasteiger partial charge in [0, 0.05) is 5.02 Å². The number of hydrogen-bond acceptors (Lipinski definition) is 4. The van der Waals surface area contributed by atoms with Crippen LogP contribution in [-0.4, -0.2) is 19.2 Å². The number of ether oxygens (including phenoxy) is 2. The molecule has 0 saturated carbocycles. The number of aryl methyl sites for hydroxylation is 1. The van der Waals surface area contributed by atoms with Crippen LogP contribution in [0.5, 0.6) is 11.5 Å². The van der Waals surface area contributed by atoms with Gasteiger partial charge in [0.05, 0.1) is 23.9 Å². The first-order chi connectivity index (χ1) is 14.5. The van der Waals surface area contributed by atoms with Gasteiger partial charge >= 0.3 is 0 Å². The lowest BCUT2D eigenvalue weighted by molar-refractivity contribution is 0.0952. The Bertz CT molecular complexity index is 1070. The van der Waals surface area contributed by atoms with Gasteiger partial charge in [0.2, 0.25) is 0 Å². The summed E-state index contributed by atoms with van der Waals surface area (Å²) in [5.41, 5.74) is 5.60. The van der Waals surface area contributed by atoms with Crippen LogP contribution >= 0.6 is 23.2 Å². The van der Waals surface area contributed by atoms with Crippen molar-refractivity contribution in [2.75, 3.05) is 7.11 Å². The van der Waals surface area contributed by atoms with Gasteiger partial charge in [0.25, 0.3) is 5.91 Å². The van der Waals surface area contributed by atoms with Gasteiger partial charge in [-0.15, -0.1) is 0 Å². The molecule has 0 radical (unpaired) electrons. The Hall–Kier alpha value is -3.02. The van der Waals surface area contributed by atoms with Crippen molar-refractivity contribution in [3.63, 3.8) is 0 Å². The molecule has 0 aliphatic carbocycles. The van der Waals surface area contributed by atoms with Crippen molar-refractivity contribution < 1.29 is 14.3 Å². The lowest BCUT2D eigenvalue weighted by Crippen LogP contribution is -2.18. The Balaban J connectivity index is 1.60. The minimum atomic E-state index is -0.364. The average molecular weight is 443 g/mol. The maximum absolute atomic E-state index is 12.3. The molecule has 0 spiro atoms. The summed E-state index contributed by atoms with van der Waals surface area (Å²) < 4.78 is 11.0. The second-order valence-electron chi connectivity index (χ2n) is 6.51. The highest BCUT2D eigenvalue weighted by Gasteiger charge is 2.11. The van der Waals surface area contributed by atoms with Gasteiger partial charge < -0.3 is 9.47 Å². The van der Waals surface area contributed by atoms with Crippen LogP contribution in [0, 0.1) is 6.92 Å². The topological polar surface area (TPSA) is 59.9 Å². The van der Waals surface area contributed by atoms with E-state index in [1.807, 2.05) is 37.3 Å². The minimum Gasteiger partial charge on any atom is -0.496 e. The number of methoxy groups -OCH3 is 1. The van der Waals surface area contributed by atoms with Crippen molar-refractivity contribution in [1.82, 2.24) is 5.43 Å². The minimum absolute atomic E-state index is 0.364. The standard InChI is InChI=1S/C23H20Cl2N2O3/c1-15-3-9-19(22(11-15)29-2)23(28)27-26-13-17-6-10-21(20(25)12-17)30-14-16-4-7-18(24)8-5-16/h3-13H,14H2,1-2H3,(H,27,28)/b26-13-. The smallest absolute Gasteiger partial charge is 0.275 e. The Morgan fingerprint density at radius 1 is 1.03 bits per heavy atom. The molecule has 30 heavy (non-hydrogen) atoms. The van der Waals surface area contributed by atoms with Crippen LogP contribution in [0.1, 0.15) is 27.0 Å². The van der Waals surface area contributed by atoms with Gasteiger partial charge in [-0.1, -0.05) is 41.4 Å². The van der Waals surface area contributed by atoms with E-state index < -0.39 is 0 Å². The van der Waals surface area contributed by atoms with Crippen molar-refractivity contribution in [2.45, 2.75) is 13.5 Å². The monoisotopic (exact) mass is 442 g/mol. The molecule has 1 amide bonds. The molecule has 1 N–H and O–H groups in total. The summed E-state index contributed by atoms with van der Waals surface area (Å²) in [4.78, 5) is 12.3. The van der Waals surface area contributed by atoms with Gasteiger partial charge in [-0.25, -0.2) is 5.43 Å². The Morgan fingerprint density at radius 3 is 2.50 bits per heavy atom. The third-order valence-electron chi connectivity index (χ3n) is 4.24. The summed E-state index contributed by atoms with van der Waals surface area (Å²) in [7, 11) is 1.52. The lowest BCUT2D eigenvalue weighted by atomic mass is 10.1. The fraction of sp³-hybridized carbons (Fsp3) is 0.130. The third kappa shape index (κ3) is 5.75. The van der Waals surface area contributed by atoms with Gasteiger partial charge in [0.1, 0.15) is 18.1 Å². The molecule has 3 aromatic rings. The van der Waals surface area contributed by atoms with E-state index in [4.69, 9.17) is 32.7 Å². The molecule has 7 heteroatoms. The summed E-state index contributed by atoms with van der Waals surface area (Å²) in [5.74, 6) is 0.683. The predicted molar refractivity (Wildman–Crippen MR) is 120 cm³/mol. The van der Waals surface area contributed by atoms with Gasteiger partial charge in [-0.2, -0.15) is 5.10 Å². The second-order valence-corrected chi connectivity index (χ2v) is 7.35. The van der Waals surface area contributed by atoms with Gasteiger partial charge in [-0.3, -0.25) is 4.79 Å². The molecule has 154 valence electrons. The molecule has 0 bridgehead atoms. The van der Waals surface area contributed by atoms with Crippen LogP contribution in [0.4, 0.5) is 0 Å². The van der Waals surface area contributed by atoms with Crippen LogP contribution in [0.3, 0.4) is 0 Å². The molecule has 5 nitrogen and oxygen atoms in total. The Morgan fingerprint density at radius 2 is 1.80 bits per heavy atom. The van der Waals surface area contributed by atoms with Crippen LogP contribution in [0.15, 0.2) is 65.8 Å². The highest BCUT2D eigenvalue weighted by atomic mass is 35.5. The number of nitrogens with one attached hydrogen (secondary N) is 1. The van der Waals surface area contributed by atoms with Crippen molar-refractivity contribution in [1.29, 1.82) is 0 Å². The first kappa shape index (κ1) is 21.7. The number of hydrogen-bond donors (Lipinski definition) is 1. The highest BCUT2D eigenvalue weighted by molar-refractivity contribution is 6.32. The second kappa shape index (κ2) is 10.1. The molecule has 0 unspecified atom stereocenters. The quantitative estimate of drug-likeness (QED) is 0.379. The van der Waals surface area contributed by atoms with E-state index in [-0.39, 0.29) is 5.91 Å². The molecule has 0 fully saturated rings. The molecular weight excluding hydrogens is 423 g/mol. The lowest BCUT2D eigenvalue weighted by Gasteiger charge is -2.09. The van der Waals surface area contributed by atoms with Crippen LogP contribution < -0.4 is 14.9 Å². The van der Waals surface area contributed by atoms with Crippen molar-refractivity contribution in [3.05, 3.63) is 93.0 Å². The maximum Gasteiger partial charge on any atom is 0.275 e. The number of hydrazone groups is 1.